The fraction of sp³-hybridized carbons (Fsp3) is 0.292. The summed E-state index contributed by atoms with van der Waals surface area (Å²) in [5, 5.41) is 3.83. The molecule has 8 nitrogen and oxygen atoms in total. The molecule has 1 aliphatic heterocycles. The van der Waals surface area contributed by atoms with Gasteiger partial charge in [-0.1, -0.05) is 23.7 Å². The number of hydrogen-bond donors (Lipinski definition) is 1. The number of carbonyl (C=O) groups excluding carboxylic acids is 1. The molecule has 2 aromatic carbocycles. The zero-order chi connectivity index (χ0) is 23.5. The minimum absolute atomic E-state index is 0.131. The van der Waals surface area contributed by atoms with E-state index in [1.165, 1.54) is 7.11 Å². The lowest BCUT2D eigenvalue weighted by molar-refractivity contribution is 0.0728. The maximum Gasteiger partial charge on any atom is 0.293 e. The normalized spacial score (nSPS) is 13.8. The summed E-state index contributed by atoms with van der Waals surface area (Å²) in [7, 11) is 3.04. The highest BCUT2D eigenvalue weighted by Gasteiger charge is 2.27. The highest BCUT2D eigenvalue weighted by Crippen LogP contribution is 2.23. The first-order valence-corrected chi connectivity index (χ1v) is 10.9. The summed E-state index contributed by atoms with van der Waals surface area (Å²) in [5.41, 5.74) is 2.31. The van der Waals surface area contributed by atoms with Crippen LogP contribution >= 0.6 is 11.6 Å². The van der Waals surface area contributed by atoms with Crippen LogP contribution in [0.25, 0.3) is 0 Å². The third-order valence-corrected chi connectivity index (χ3v) is 5.97. The molecule has 1 amide bonds. The molecule has 4 rings (SSSR count). The molecular formula is C24H25ClN4O4. The number of rotatable bonds is 6. The van der Waals surface area contributed by atoms with Gasteiger partial charge in [0.15, 0.2) is 0 Å². The summed E-state index contributed by atoms with van der Waals surface area (Å²) >= 11 is 5.92. The molecule has 33 heavy (non-hydrogen) atoms. The molecule has 172 valence electrons. The van der Waals surface area contributed by atoms with E-state index in [0.717, 1.165) is 16.0 Å². The number of benzene rings is 2. The van der Waals surface area contributed by atoms with Crippen molar-refractivity contribution in [3.8, 4) is 5.75 Å². The Morgan fingerprint density at radius 2 is 1.82 bits per heavy atom. The fourth-order valence-electron chi connectivity index (χ4n) is 3.84. The maximum absolute atomic E-state index is 13.2. The molecule has 1 aliphatic rings. The first kappa shape index (κ1) is 22.7. The topological polar surface area (TPSA) is 85.7 Å². The Kier molecular flexibility index (Phi) is 6.55. The van der Waals surface area contributed by atoms with Gasteiger partial charge in [0, 0.05) is 23.6 Å². The predicted octanol–water partition coefficient (Wildman–Crippen LogP) is 3.34. The Labute approximate surface area is 196 Å². The van der Waals surface area contributed by atoms with E-state index >= 15 is 0 Å². The zero-order valence-corrected chi connectivity index (χ0v) is 19.4. The lowest BCUT2D eigenvalue weighted by Gasteiger charge is -2.29. The lowest BCUT2D eigenvalue weighted by Crippen LogP contribution is -2.42. The number of ether oxygens (including phenoxy) is 1. The first-order chi connectivity index (χ1) is 15.9. The van der Waals surface area contributed by atoms with Crippen LogP contribution < -0.4 is 20.5 Å². The van der Waals surface area contributed by atoms with E-state index < -0.39 is 0 Å². The maximum atomic E-state index is 13.2. The molecule has 0 bridgehead atoms. The summed E-state index contributed by atoms with van der Waals surface area (Å²) in [5.74, 6) is 0.933. The van der Waals surface area contributed by atoms with E-state index in [-0.39, 0.29) is 24.1 Å². The van der Waals surface area contributed by atoms with Crippen molar-refractivity contribution in [1.82, 2.24) is 14.6 Å². The number of amides is 1. The van der Waals surface area contributed by atoms with Crippen LogP contribution in [0.2, 0.25) is 5.02 Å². The van der Waals surface area contributed by atoms with Crippen molar-refractivity contribution in [2.24, 2.45) is 0 Å². The second-order valence-corrected chi connectivity index (χ2v) is 8.20. The molecule has 0 radical (unpaired) electrons. The van der Waals surface area contributed by atoms with E-state index in [1.807, 2.05) is 31.2 Å². The molecule has 1 atom stereocenters. The van der Waals surface area contributed by atoms with E-state index in [4.69, 9.17) is 21.2 Å². The molecule has 9 heteroatoms. The fourth-order valence-corrected chi connectivity index (χ4v) is 3.96. The zero-order valence-electron chi connectivity index (χ0n) is 18.7. The van der Waals surface area contributed by atoms with Crippen molar-refractivity contribution in [2.45, 2.75) is 25.9 Å². The Bertz CT molecular complexity index is 1210. The quantitative estimate of drug-likeness (QED) is 0.597. The van der Waals surface area contributed by atoms with Crippen molar-refractivity contribution in [3.05, 3.63) is 86.3 Å². The van der Waals surface area contributed by atoms with Crippen LogP contribution in [0.15, 0.2) is 53.3 Å². The molecule has 0 spiro atoms. The van der Waals surface area contributed by atoms with E-state index in [0.29, 0.717) is 40.8 Å². The van der Waals surface area contributed by atoms with Crippen LogP contribution in [0.5, 0.6) is 5.75 Å². The van der Waals surface area contributed by atoms with Crippen molar-refractivity contribution in [1.29, 1.82) is 0 Å². The Balaban J connectivity index is 1.58. The molecule has 0 saturated heterocycles. The van der Waals surface area contributed by atoms with Gasteiger partial charge in [0.05, 0.1) is 31.0 Å². The number of fused-ring (bicyclic) bond motifs is 1. The smallest absolute Gasteiger partial charge is 0.293 e. The van der Waals surface area contributed by atoms with Gasteiger partial charge in [0.2, 0.25) is 5.95 Å². The Morgan fingerprint density at radius 1 is 1.12 bits per heavy atom. The standard InChI is InChI=1S/C24H25ClN4O4/c1-15(16-6-10-19(32-2)11-7-16)26-24-27-21-12-13-28(14-20(21)23(31)29(24)33-3)22(30)17-4-8-18(25)9-5-17/h4-11,15H,12-14H2,1-3H3,(H,26,27)/t15-/m0/s1. The SMILES string of the molecule is COc1ccc([C@H](C)Nc2nc3c(c(=O)n2OC)CN(C(=O)c2ccc(Cl)cc2)CC3)cc1. The van der Waals surface area contributed by atoms with Crippen molar-refractivity contribution in [2.75, 3.05) is 26.1 Å². The van der Waals surface area contributed by atoms with Gasteiger partial charge in [0.1, 0.15) is 12.9 Å². The number of nitrogens with zero attached hydrogens (tertiary/aromatic N) is 3. The summed E-state index contributed by atoms with van der Waals surface area (Å²) < 4.78 is 6.34. The van der Waals surface area contributed by atoms with Gasteiger partial charge in [-0.2, -0.15) is 0 Å². The van der Waals surface area contributed by atoms with Gasteiger partial charge < -0.3 is 19.8 Å². The van der Waals surface area contributed by atoms with Crippen molar-refractivity contribution in [3.63, 3.8) is 0 Å². The van der Waals surface area contributed by atoms with Crippen molar-refractivity contribution >= 4 is 23.5 Å². The number of nitrogens with one attached hydrogen (secondary N) is 1. The van der Waals surface area contributed by atoms with E-state index in [1.54, 1.807) is 36.3 Å². The third kappa shape index (κ3) is 4.66. The van der Waals surface area contributed by atoms with E-state index in [2.05, 4.69) is 10.3 Å². The molecule has 0 unspecified atom stereocenters. The van der Waals surface area contributed by atoms with Crippen molar-refractivity contribution < 1.29 is 14.4 Å². The van der Waals surface area contributed by atoms with Gasteiger partial charge >= 0.3 is 0 Å². The number of carbonyl (C=O) groups is 1. The summed E-state index contributed by atoms with van der Waals surface area (Å²) in [6, 6.07) is 14.2. The minimum Gasteiger partial charge on any atom is -0.497 e. The Hall–Kier alpha value is -3.52. The predicted molar refractivity (Wildman–Crippen MR) is 126 cm³/mol. The van der Waals surface area contributed by atoms with E-state index in [9.17, 15) is 9.59 Å². The Morgan fingerprint density at radius 3 is 2.45 bits per heavy atom. The summed E-state index contributed by atoms with van der Waals surface area (Å²) in [6.45, 7) is 2.60. The molecule has 2 heterocycles. The largest absolute Gasteiger partial charge is 0.497 e. The first-order valence-electron chi connectivity index (χ1n) is 10.6. The minimum atomic E-state index is -0.333. The van der Waals surface area contributed by atoms with Crippen LogP contribution in [0.1, 0.15) is 40.1 Å². The van der Waals surface area contributed by atoms with Crippen LogP contribution in [0.3, 0.4) is 0 Å². The summed E-state index contributed by atoms with van der Waals surface area (Å²) in [4.78, 5) is 37.8. The molecule has 1 aromatic heterocycles. The number of hydrogen-bond acceptors (Lipinski definition) is 6. The summed E-state index contributed by atoms with van der Waals surface area (Å²) in [6.07, 6.45) is 0.472. The second-order valence-electron chi connectivity index (χ2n) is 7.77. The molecular weight excluding hydrogens is 444 g/mol. The van der Waals surface area contributed by atoms with Crippen LogP contribution in [-0.4, -0.2) is 41.3 Å². The lowest BCUT2D eigenvalue weighted by atomic mass is 10.1. The van der Waals surface area contributed by atoms with Gasteiger partial charge in [-0.15, -0.1) is 4.73 Å². The number of halogens is 1. The average Bonchev–Trinajstić information content (AvgIpc) is 2.84. The molecule has 0 aliphatic carbocycles. The highest BCUT2D eigenvalue weighted by molar-refractivity contribution is 6.30. The number of anilines is 1. The second kappa shape index (κ2) is 9.54. The van der Waals surface area contributed by atoms with Crippen LogP contribution in [-0.2, 0) is 13.0 Å². The van der Waals surface area contributed by atoms with Gasteiger partial charge in [-0.25, -0.2) is 4.98 Å². The molecule has 3 aromatic rings. The average molecular weight is 469 g/mol. The van der Waals surface area contributed by atoms with Crippen LogP contribution in [0, 0.1) is 0 Å². The van der Waals surface area contributed by atoms with Crippen LogP contribution in [0.4, 0.5) is 5.95 Å². The third-order valence-electron chi connectivity index (χ3n) is 5.71. The monoisotopic (exact) mass is 468 g/mol. The van der Waals surface area contributed by atoms with Gasteiger partial charge in [0.25, 0.3) is 11.5 Å². The van der Waals surface area contributed by atoms with Gasteiger partial charge in [-0.05, 0) is 48.9 Å². The van der Waals surface area contributed by atoms with Gasteiger partial charge in [-0.3, -0.25) is 9.59 Å². The molecule has 1 N–H and O–H groups in total. The highest BCUT2D eigenvalue weighted by atomic mass is 35.5. The molecule has 0 fully saturated rings. The number of methoxy groups -OCH3 is 1. The molecule has 0 saturated carbocycles. The number of aromatic nitrogens is 2.